The van der Waals surface area contributed by atoms with Crippen LogP contribution in [0.1, 0.15) is 36.5 Å². The van der Waals surface area contributed by atoms with Crippen LogP contribution in [0.15, 0.2) is 42.6 Å². The standard InChI is InChI=1S/C20H25N3O2/c1-15-7-6-13-23(14-11-15)20(24)16-8-5-12-21-19(16)22-17-9-3-4-10-18(17)25-2/h3-5,8-10,12,15H,6-7,11,13-14H2,1-2H3,(H,21,22)/t15-/m0/s1. The molecule has 1 N–H and O–H groups in total. The minimum Gasteiger partial charge on any atom is -0.495 e. The van der Waals surface area contributed by atoms with Crippen molar-refractivity contribution in [2.24, 2.45) is 5.92 Å². The van der Waals surface area contributed by atoms with E-state index in [-0.39, 0.29) is 5.91 Å². The molecule has 1 saturated heterocycles. The summed E-state index contributed by atoms with van der Waals surface area (Å²) < 4.78 is 5.38. The maximum atomic E-state index is 13.0. The van der Waals surface area contributed by atoms with Gasteiger partial charge in [-0.2, -0.15) is 0 Å². The van der Waals surface area contributed by atoms with Gasteiger partial charge in [0.05, 0.1) is 18.4 Å². The molecule has 5 heteroatoms. The lowest BCUT2D eigenvalue weighted by atomic mass is 10.0. The van der Waals surface area contributed by atoms with Crippen LogP contribution in [-0.2, 0) is 0 Å². The van der Waals surface area contributed by atoms with E-state index in [4.69, 9.17) is 4.74 Å². The molecule has 0 aliphatic carbocycles. The van der Waals surface area contributed by atoms with Gasteiger partial charge in [0, 0.05) is 19.3 Å². The first kappa shape index (κ1) is 17.3. The van der Waals surface area contributed by atoms with Crippen LogP contribution >= 0.6 is 0 Å². The number of anilines is 2. The van der Waals surface area contributed by atoms with Crippen molar-refractivity contribution in [3.63, 3.8) is 0 Å². The van der Waals surface area contributed by atoms with Crippen molar-refractivity contribution in [2.75, 3.05) is 25.5 Å². The van der Waals surface area contributed by atoms with Gasteiger partial charge in [0.15, 0.2) is 0 Å². The van der Waals surface area contributed by atoms with Crippen LogP contribution in [0.25, 0.3) is 0 Å². The maximum absolute atomic E-state index is 13.0. The van der Waals surface area contributed by atoms with Crippen LogP contribution in [0.2, 0.25) is 0 Å². The van der Waals surface area contributed by atoms with E-state index in [1.165, 1.54) is 6.42 Å². The minimum atomic E-state index is 0.0413. The number of hydrogen-bond donors (Lipinski definition) is 1. The Morgan fingerprint density at radius 2 is 2.04 bits per heavy atom. The number of hydrogen-bond acceptors (Lipinski definition) is 4. The third kappa shape index (κ3) is 4.10. The summed E-state index contributed by atoms with van der Waals surface area (Å²) in [5.41, 5.74) is 1.39. The highest BCUT2D eigenvalue weighted by Gasteiger charge is 2.22. The molecule has 3 rings (SSSR count). The van der Waals surface area contributed by atoms with Crippen molar-refractivity contribution in [3.8, 4) is 5.75 Å². The summed E-state index contributed by atoms with van der Waals surface area (Å²) in [5.74, 6) is 2.00. The summed E-state index contributed by atoms with van der Waals surface area (Å²) in [6, 6.07) is 11.3. The molecule has 1 amide bonds. The second-order valence-electron chi connectivity index (χ2n) is 6.55. The Morgan fingerprint density at radius 3 is 2.88 bits per heavy atom. The monoisotopic (exact) mass is 339 g/mol. The number of benzene rings is 1. The quantitative estimate of drug-likeness (QED) is 0.911. The number of nitrogens with one attached hydrogen (secondary N) is 1. The predicted molar refractivity (Wildman–Crippen MR) is 99.4 cm³/mol. The van der Waals surface area contributed by atoms with Crippen molar-refractivity contribution in [1.82, 2.24) is 9.88 Å². The molecule has 1 atom stereocenters. The number of carbonyl (C=O) groups excluding carboxylic acids is 1. The molecule has 1 fully saturated rings. The summed E-state index contributed by atoms with van der Waals surface area (Å²) in [7, 11) is 1.63. The number of carbonyl (C=O) groups is 1. The second kappa shape index (κ2) is 8.01. The van der Waals surface area contributed by atoms with E-state index < -0.39 is 0 Å². The van der Waals surface area contributed by atoms with Crippen molar-refractivity contribution in [2.45, 2.75) is 26.2 Å². The van der Waals surface area contributed by atoms with Crippen molar-refractivity contribution in [1.29, 1.82) is 0 Å². The van der Waals surface area contributed by atoms with Crippen LogP contribution < -0.4 is 10.1 Å². The largest absolute Gasteiger partial charge is 0.495 e. The number of pyridine rings is 1. The fraction of sp³-hybridized carbons (Fsp3) is 0.400. The van der Waals surface area contributed by atoms with Gasteiger partial charge in [0.2, 0.25) is 0 Å². The topological polar surface area (TPSA) is 54.5 Å². The summed E-state index contributed by atoms with van der Waals surface area (Å²) in [6.07, 6.45) is 4.99. The first-order valence-electron chi connectivity index (χ1n) is 8.83. The van der Waals surface area contributed by atoms with E-state index in [1.807, 2.05) is 35.2 Å². The van der Waals surface area contributed by atoms with E-state index in [1.54, 1.807) is 19.4 Å². The van der Waals surface area contributed by atoms with Crippen LogP contribution in [0.4, 0.5) is 11.5 Å². The van der Waals surface area contributed by atoms with Gasteiger partial charge in [0.25, 0.3) is 5.91 Å². The Labute approximate surface area is 149 Å². The molecule has 132 valence electrons. The van der Waals surface area contributed by atoms with E-state index in [9.17, 15) is 4.79 Å². The molecule has 5 nitrogen and oxygen atoms in total. The second-order valence-corrected chi connectivity index (χ2v) is 6.55. The highest BCUT2D eigenvalue weighted by Crippen LogP contribution is 2.28. The fourth-order valence-corrected chi connectivity index (χ4v) is 3.19. The van der Waals surface area contributed by atoms with Crippen molar-refractivity contribution in [3.05, 3.63) is 48.2 Å². The summed E-state index contributed by atoms with van der Waals surface area (Å²) in [4.78, 5) is 19.4. The van der Waals surface area contributed by atoms with Gasteiger partial charge >= 0.3 is 0 Å². The fourth-order valence-electron chi connectivity index (χ4n) is 3.19. The number of nitrogens with zero attached hydrogens (tertiary/aromatic N) is 2. The molecule has 1 aromatic heterocycles. The molecule has 2 heterocycles. The average Bonchev–Trinajstić information content (AvgIpc) is 2.86. The Kier molecular flexibility index (Phi) is 5.53. The molecule has 1 aromatic carbocycles. The minimum absolute atomic E-state index is 0.0413. The molecule has 0 saturated carbocycles. The lowest BCUT2D eigenvalue weighted by molar-refractivity contribution is 0.0761. The van der Waals surface area contributed by atoms with Gasteiger partial charge in [-0.05, 0) is 49.4 Å². The molecule has 0 bridgehead atoms. The van der Waals surface area contributed by atoms with Gasteiger partial charge < -0.3 is 15.0 Å². The SMILES string of the molecule is COc1ccccc1Nc1ncccc1C(=O)N1CCC[C@H](C)CC1. The zero-order valence-electron chi connectivity index (χ0n) is 14.9. The lowest BCUT2D eigenvalue weighted by Crippen LogP contribution is -2.32. The Balaban J connectivity index is 1.84. The number of likely N-dealkylation sites (tertiary alicyclic amines) is 1. The summed E-state index contributed by atoms with van der Waals surface area (Å²) in [5, 5.41) is 3.25. The highest BCUT2D eigenvalue weighted by molar-refractivity contribution is 5.99. The van der Waals surface area contributed by atoms with Gasteiger partial charge in [-0.25, -0.2) is 4.98 Å². The number of para-hydroxylation sites is 2. The number of rotatable bonds is 4. The van der Waals surface area contributed by atoms with Crippen molar-refractivity contribution >= 4 is 17.4 Å². The van der Waals surface area contributed by atoms with Gasteiger partial charge in [-0.1, -0.05) is 19.1 Å². The molecule has 0 radical (unpaired) electrons. The van der Waals surface area contributed by atoms with E-state index >= 15 is 0 Å². The number of aromatic nitrogens is 1. The van der Waals surface area contributed by atoms with Crippen LogP contribution in [0.3, 0.4) is 0 Å². The molecule has 1 aliphatic heterocycles. The first-order valence-corrected chi connectivity index (χ1v) is 8.83. The van der Waals surface area contributed by atoms with E-state index in [0.717, 1.165) is 37.4 Å². The third-order valence-corrected chi connectivity index (χ3v) is 4.70. The Hall–Kier alpha value is -2.56. The van der Waals surface area contributed by atoms with Crippen LogP contribution in [0, 0.1) is 5.92 Å². The number of methoxy groups -OCH3 is 1. The van der Waals surface area contributed by atoms with E-state index in [0.29, 0.717) is 17.3 Å². The normalized spacial score (nSPS) is 17.7. The highest BCUT2D eigenvalue weighted by atomic mass is 16.5. The molecule has 1 aliphatic rings. The molecule has 25 heavy (non-hydrogen) atoms. The number of amides is 1. The molecule has 0 unspecified atom stereocenters. The smallest absolute Gasteiger partial charge is 0.257 e. The lowest BCUT2D eigenvalue weighted by Gasteiger charge is -2.22. The summed E-state index contributed by atoms with van der Waals surface area (Å²) in [6.45, 7) is 3.88. The Morgan fingerprint density at radius 1 is 1.20 bits per heavy atom. The summed E-state index contributed by atoms with van der Waals surface area (Å²) >= 11 is 0. The average molecular weight is 339 g/mol. The van der Waals surface area contributed by atoms with Gasteiger partial charge in [-0.3, -0.25) is 4.79 Å². The predicted octanol–water partition coefficient (Wildman–Crippen LogP) is 4.10. The molecular formula is C20H25N3O2. The first-order chi connectivity index (χ1) is 12.2. The van der Waals surface area contributed by atoms with Crippen LogP contribution in [-0.4, -0.2) is 36.0 Å². The Bertz CT molecular complexity index is 732. The van der Waals surface area contributed by atoms with Gasteiger partial charge in [-0.15, -0.1) is 0 Å². The van der Waals surface area contributed by atoms with E-state index in [2.05, 4.69) is 17.2 Å². The molecule has 2 aromatic rings. The number of ether oxygens (including phenoxy) is 1. The third-order valence-electron chi connectivity index (χ3n) is 4.70. The molecular weight excluding hydrogens is 314 g/mol. The maximum Gasteiger partial charge on any atom is 0.257 e. The van der Waals surface area contributed by atoms with Gasteiger partial charge in [0.1, 0.15) is 11.6 Å². The zero-order chi connectivity index (χ0) is 17.6. The molecule has 0 spiro atoms. The van der Waals surface area contributed by atoms with Crippen LogP contribution in [0.5, 0.6) is 5.75 Å². The van der Waals surface area contributed by atoms with Crippen molar-refractivity contribution < 1.29 is 9.53 Å². The zero-order valence-corrected chi connectivity index (χ0v) is 14.9.